The number of likely N-dealkylation sites (tertiary alicyclic amines) is 1. The number of nitrogens with zero attached hydrogens (tertiary/aromatic N) is 4. The highest BCUT2D eigenvalue weighted by molar-refractivity contribution is 5.64. The molecule has 3 heterocycles. The lowest BCUT2D eigenvalue weighted by atomic mass is 10.1. The molecule has 2 saturated carbocycles. The maximum absolute atomic E-state index is 12.7. The number of ether oxygens (including phenoxy) is 1. The van der Waals surface area contributed by atoms with Gasteiger partial charge in [-0.25, -0.2) is 15.0 Å². The van der Waals surface area contributed by atoms with Crippen LogP contribution in [0.4, 0.5) is 27.8 Å². The number of rotatable bonds is 6. The number of fused-ring (bicyclic) bond motifs is 1. The van der Waals surface area contributed by atoms with Crippen LogP contribution < -0.4 is 10.5 Å². The number of aromatic nitrogens is 3. The minimum atomic E-state index is -4.20. The van der Waals surface area contributed by atoms with E-state index in [1.165, 1.54) is 17.2 Å². The first kappa shape index (κ1) is 20.3. The Morgan fingerprint density at radius 3 is 2.45 bits per heavy atom. The summed E-state index contributed by atoms with van der Waals surface area (Å²) >= 11 is 0. The van der Waals surface area contributed by atoms with Crippen molar-refractivity contribution in [3.05, 3.63) is 29.8 Å². The predicted octanol–water partition coefficient (Wildman–Crippen LogP) is 3.81. The van der Waals surface area contributed by atoms with E-state index < -0.39 is 19.3 Å². The van der Waals surface area contributed by atoms with Crippen LogP contribution in [0.1, 0.15) is 36.2 Å². The SMILES string of the molecule is Nc1ncc(-c2cc(C3[C@H]4CN(CC(F)(F)F)C[C@@H]34)nc(C3CC3)n2)cc1OC(F)F. The van der Waals surface area contributed by atoms with Crippen LogP contribution in [-0.2, 0) is 0 Å². The molecule has 0 spiro atoms. The summed E-state index contributed by atoms with van der Waals surface area (Å²) in [5.41, 5.74) is 7.41. The molecule has 1 saturated heterocycles. The van der Waals surface area contributed by atoms with E-state index in [2.05, 4.69) is 14.7 Å². The molecule has 0 aromatic carbocycles. The second kappa shape index (κ2) is 7.25. The second-order valence-electron chi connectivity index (χ2n) is 8.46. The van der Waals surface area contributed by atoms with E-state index in [9.17, 15) is 22.0 Å². The lowest BCUT2D eigenvalue weighted by Crippen LogP contribution is -2.34. The van der Waals surface area contributed by atoms with Gasteiger partial charge in [0.1, 0.15) is 5.82 Å². The lowest BCUT2D eigenvalue weighted by Gasteiger charge is -2.21. The van der Waals surface area contributed by atoms with Crippen LogP contribution in [0.3, 0.4) is 0 Å². The molecular weight excluding hydrogens is 421 g/mol. The van der Waals surface area contributed by atoms with Crippen molar-refractivity contribution in [2.24, 2.45) is 11.8 Å². The van der Waals surface area contributed by atoms with Crippen molar-refractivity contribution in [1.29, 1.82) is 0 Å². The molecule has 6 nitrogen and oxygen atoms in total. The van der Waals surface area contributed by atoms with Gasteiger partial charge in [0.15, 0.2) is 11.6 Å². The van der Waals surface area contributed by atoms with Crippen molar-refractivity contribution in [3.8, 4) is 17.0 Å². The van der Waals surface area contributed by atoms with Gasteiger partial charge in [0, 0.05) is 42.4 Å². The largest absolute Gasteiger partial charge is 0.431 e. The molecule has 0 bridgehead atoms. The van der Waals surface area contributed by atoms with Crippen molar-refractivity contribution in [3.63, 3.8) is 0 Å². The summed E-state index contributed by atoms with van der Waals surface area (Å²) < 4.78 is 67.7. The minimum absolute atomic E-state index is 0.0854. The van der Waals surface area contributed by atoms with E-state index in [1.807, 2.05) is 0 Å². The Balaban J connectivity index is 1.40. The molecule has 166 valence electrons. The van der Waals surface area contributed by atoms with Gasteiger partial charge in [-0.15, -0.1) is 0 Å². The first-order valence-corrected chi connectivity index (χ1v) is 10.1. The molecule has 0 radical (unpaired) electrons. The van der Waals surface area contributed by atoms with Crippen LogP contribution >= 0.6 is 0 Å². The Kier molecular flexibility index (Phi) is 4.76. The summed E-state index contributed by atoms with van der Waals surface area (Å²) in [6.07, 6.45) is -0.818. The van der Waals surface area contributed by atoms with E-state index in [0.717, 1.165) is 18.5 Å². The highest BCUT2D eigenvalue weighted by atomic mass is 19.4. The summed E-state index contributed by atoms with van der Waals surface area (Å²) in [6.45, 7) is -3.14. The van der Waals surface area contributed by atoms with Crippen molar-refractivity contribution in [1.82, 2.24) is 19.9 Å². The van der Waals surface area contributed by atoms with Crippen LogP contribution in [0.2, 0.25) is 0 Å². The van der Waals surface area contributed by atoms with Gasteiger partial charge in [-0.2, -0.15) is 22.0 Å². The lowest BCUT2D eigenvalue weighted by molar-refractivity contribution is -0.144. The van der Waals surface area contributed by atoms with Gasteiger partial charge in [0.05, 0.1) is 12.2 Å². The van der Waals surface area contributed by atoms with Gasteiger partial charge >= 0.3 is 12.8 Å². The van der Waals surface area contributed by atoms with Crippen LogP contribution in [0.15, 0.2) is 18.3 Å². The van der Waals surface area contributed by atoms with Gasteiger partial charge in [-0.1, -0.05) is 0 Å². The zero-order valence-corrected chi connectivity index (χ0v) is 16.3. The monoisotopic (exact) mass is 441 g/mol. The number of anilines is 1. The Morgan fingerprint density at radius 1 is 1.13 bits per heavy atom. The molecule has 0 amide bonds. The number of alkyl halides is 5. The van der Waals surface area contributed by atoms with Crippen LogP contribution in [0.5, 0.6) is 5.75 Å². The fourth-order valence-electron chi connectivity index (χ4n) is 4.55. The molecule has 3 fully saturated rings. The summed E-state index contributed by atoms with van der Waals surface area (Å²) in [6, 6.07) is 3.15. The first-order chi connectivity index (χ1) is 14.7. The van der Waals surface area contributed by atoms with Crippen LogP contribution in [0, 0.1) is 11.8 Å². The van der Waals surface area contributed by atoms with Crippen molar-refractivity contribution >= 4 is 5.82 Å². The zero-order chi connectivity index (χ0) is 21.9. The fourth-order valence-corrected chi connectivity index (χ4v) is 4.55. The van der Waals surface area contributed by atoms with Gasteiger partial charge < -0.3 is 10.5 Å². The standard InChI is InChI=1S/C20H20F5N5O/c21-19(22)31-15-3-10(5-27-17(15)26)13-4-14(29-18(28-13)9-1-2-9)16-11-6-30(7-12(11)16)8-20(23,24)25/h3-5,9,11-12,16,19H,1-2,6-8H2,(H2,26,27)/t11-,12+,16?. The maximum atomic E-state index is 12.7. The van der Waals surface area contributed by atoms with Crippen LogP contribution in [0.25, 0.3) is 11.3 Å². The average Bonchev–Trinajstić information content (AvgIpc) is 3.59. The fraction of sp³-hybridized carbons (Fsp3) is 0.550. The Morgan fingerprint density at radius 2 is 1.84 bits per heavy atom. The van der Waals surface area contributed by atoms with Crippen LogP contribution in [-0.4, -0.2) is 52.3 Å². The number of nitrogen functional groups attached to an aromatic ring is 1. The van der Waals surface area contributed by atoms with E-state index in [1.54, 1.807) is 6.07 Å². The quantitative estimate of drug-likeness (QED) is 0.687. The molecule has 2 aliphatic carbocycles. The molecule has 1 aliphatic heterocycles. The Bertz CT molecular complexity index is 984. The topological polar surface area (TPSA) is 77.2 Å². The highest BCUT2D eigenvalue weighted by Gasteiger charge is 2.58. The molecular formula is C20H20F5N5O. The van der Waals surface area contributed by atoms with E-state index in [-0.39, 0.29) is 35.2 Å². The van der Waals surface area contributed by atoms with E-state index >= 15 is 0 Å². The molecule has 1 unspecified atom stereocenters. The van der Waals surface area contributed by atoms with Gasteiger partial charge in [0.25, 0.3) is 0 Å². The molecule has 3 aliphatic rings. The smallest absolute Gasteiger partial charge is 0.401 e. The normalized spacial score (nSPS) is 25.7. The molecule has 11 heteroatoms. The summed E-state index contributed by atoms with van der Waals surface area (Å²) in [4.78, 5) is 14.7. The average molecular weight is 441 g/mol. The second-order valence-corrected chi connectivity index (χ2v) is 8.46. The summed E-state index contributed by atoms with van der Waals surface area (Å²) in [7, 11) is 0. The van der Waals surface area contributed by atoms with Gasteiger partial charge in [0.2, 0.25) is 0 Å². The molecule has 2 aromatic rings. The van der Waals surface area contributed by atoms with Crippen molar-refractivity contribution in [2.75, 3.05) is 25.4 Å². The number of halogens is 5. The molecule has 31 heavy (non-hydrogen) atoms. The first-order valence-electron chi connectivity index (χ1n) is 10.1. The van der Waals surface area contributed by atoms with Crippen molar-refractivity contribution < 1.29 is 26.7 Å². The minimum Gasteiger partial charge on any atom is -0.431 e. The summed E-state index contributed by atoms with van der Waals surface area (Å²) in [5, 5.41) is 0. The number of hydrogen-bond donors (Lipinski definition) is 1. The molecule has 2 N–H and O–H groups in total. The summed E-state index contributed by atoms with van der Waals surface area (Å²) in [5.74, 6) is 0.908. The third-order valence-electron chi connectivity index (χ3n) is 6.11. The van der Waals surface area contributed by atoms with Gasteiger partial charge in [-0.3, -0.25) is 4.90 Å². The number of hydrogen-bond acceptors (Lipinski definition) is 6. The maximum Gasteiger partial charge on any atom is 0.401 e. The predicted molar refractivity (Wildman–Crippen MR) is 100 cm³/mol. The number of pyridine rings is 1. The number of nitrogens with two attached hydrogens (primary N) is 1. The van der Waals surface area contributed by atoms with Crippen molar-refractivity contribution in [2.45, 2.75) is 37.5 Å². The van der Waals surface area contributed by atoms with E-state index in [0.29, 0.717) is 30.2 Å². The molecule has 2 aromatic heterocycles. The Labute approximate surface area is 174 Å². The third kappa shape index (κ3) is 4.28. The zero-order valence-electron chi connectivity index (χ0n) is 16.3. The Hall–Kier alpha value is -2.56. The third-order valence-corrected chi connectivity index (χ3v) is 6.11. The number of piperidine rings is 1. The van der Waals surface area contributed by atoms with Gasteiger partial charge in [-0.05, 0) is 36.8 Å². The highest BCUT2D eigenvalue weighted by Crippen LogP contribution is 2.58. The molecule has 3 atom stereocenters. The molecule has 5 rings (SSSR count). The van der Waals surface area contributed by atoms with E-state index in [4.69, 9.17) is 10.7 Å².